The first-order valence-corrected chi connectivity index (χ1v) is 40.7. The van der Waals surface area contributed by atoms with Crippen molar-refractivity contribution < 1.29 is 80.2 Å². The smallest absolute Gasteiger partial charge is 0.462 e. The van der Waals surface area contributed by atoms with E-state index in [1.165, 1.54) is 141 Å². The number of aliphatic hydroxyl groups is 1. The molecule has 19 heteroatoms. The predicted molar refractivity (Wildman–Crippen MR) is 377 cm³/mol. The second-order valence-electron chi connectivity index (χ2n) is 27.2. The third kappa shape index (κ3) is 66.6. The number of hydrogen-bond donors (Lipinski definition) is 3. The molecule has 0 aromatic rings. The van der Waals surface area contributed by atoms with Crippen molar-refractivity contribution in [3.05, 3.63) is 24.3 Å². The van der Waals surface area contributed by atoms with Crippen molar-refractivity contribution in [2.24, 2.45) is 17.8 Å². The molecule has 0 spiro atoms. The maximum Gasteiger partial charge on any atom is 0.472 e. The van der Waals surface area contributed by atoms with Gasteiger partial charge in [-0.1, -0.05) is 297 Å². The highest BCUT2D eigenvalue weighted by Gasteiger charge is 2.30. The van der Waals surface area contributed by atoms with Gasteiger partial charge in [-0.3, -0.25) is 37.3 Å². The maximum atomic E-state index is 13.1. The summed E-state index contributed by atoms with van der Waals surface area (Å²) in [5.74, 6) is 0.102. The van der Waals surface area contributed by atoms with Crippen molar-refractivity contribution in [2.75, 3.05) is 39.6 Å². The molecule has 0 aliphatic heterocycles. The van der Waals surface area contributed by atoms with E-state index in [1.807, 2.05) is 0 Å². The molecule has 3 N–H and O–H groups in total. The van der Waals surface area contributed by atoms with Crippen LogP contribution in [-0.2, 0) is 65.4 Å². The Kier molecular flexibility index (Phi) is 62.5. The normalized spacial score (nSPS) is 14.6. The van der Waals surface area contributed by atoms with Crippen LogP contribution in [0.5, 0.6) is 0 Å². The van der Waals surface area contributed by atoms with Gasteiger partial charge in [-0.25, -0.2) is 9.13 Å². The van der Waals surface area contributed by atoms with Gasteiger partial charge in [0.2, 0.25) is 0 Å². The highest BCUT2D eigenvalue weighted by molar-refractivity contribution is 7.47. The molecule has 0 saturated heterocycles. The summed E-state index contributed by atoms with van der Waals surface area (Å²) in [6.45, 7) is 11.8. The van der Waals surface area contributed by atoms with Crippen molar-refractivity contribution >= 4 is 39.5 Å². The number of carbonyl (C=O) groups excluding carboxylic acids is 4. The van der Waals surface area contributed by atoms with E-state index in [4.69, 9.17) is 37.0 Å². The van der Waals surface area contributed by atoms with Gasteiger partial charge in [0, 0.05) is 25.7 Å². The third-order valence-electron chi connectivity index (χ3n) is 16.9. The van der Waals surface area contributed by atoms with Crippen molar-refractivity contribution in [3.8, 4) is 0 Å². The van der Waals surface area contributed by atoms with Crippen LogP contribution in [0, 0.1) is 17.8 Å². The predicted octanol–water partition coefficient (Wildman–Crippen LogP) is 21.0. The molecule has 0 aromatic heterocycles. The zero-order valence-electron chi connectivity index (χ0n) is 60.2. The second-order valence-corrected chi connectivity index (χ2v) is 30.1. The van der Waals surface area contributed by atoms with Crippen molar-refractivity contribution in [2.45, 2.75) is 369 Å². The molecule has 0 amide bonds. The van der Waals surface area contributed by atoms with Crippen LogP contribution >= 0.6 is 15.6 Å². The molecule has 0 aliphatic rings. The molecule has 3 unspecified atom stereocenters. The van der Waals surface area contributed by atoms with E-state index in [2.05, 4.69) is 72.8 Å². The molecule has 548 valence electrons. The van der Waals surface area contributed by atoms with Crippen LogP contribution in [0.4, 0.5) is 0 Å². The molecule has 0 saturated carbocycles. The molecule has 17 nitrogen and oxygen atoms in total. The number of phosphoric acid groups is 2. The van der Waals surface area contributed by atoms with Gasteiger partial charge < -0.3 is 33.8 Å². The highest BCUT2D eigenvalue weighted by Crippen LogP contribution is 2.45. The van der Waals surface area contributed by atoms with Gasteiger partial charge in [0.25, 0.3) is 0 Å². The Bertz CT molecular complexity index is 1910. The maximum absolute atomic E-state index is 13.1. The summed E-state index contributed by atoms with van der Waals surface area (Å²) in [5.41, 5.74) is 0. The van der Waals surface area contributed by atoms with Crippen LogP contribution in [0.3, 0.4) is 0 Å². The summed E-state index contributed by atoms with van der Waals surface area (Å²) in [6.07, 6.45) is 52.2. The number of phosphoric ester groups is 2. The fourth-order valence-electron chi connectivity index (χ4n) is 10.7. The lowest BCUT2D eigenvalue weighted by molar-refractivity contribution is -0.161. The number of ether oxygens (including phenoxy) is 4. The molecule has 0 rings (SSSR count). The summed E-state index contributed by atoms with van der Waals surface area (Å²) >= 11 is 0. The second kappa shape index (κ2) is 64.2. The SMILES string of the molecule is CCCCCC/C=C\C=C/CCCCCCCC(=O)O[C@H](COC(=O)CCCCCCCCC(C)CC)COP(=O)(O)OC[C@H](O)COP(=O)(O)OC[C@@H](COC(=O)CCCCCCCCCCCC(C)C)OC(=O)CCCCCCCCCCCCCCCC(C)C. The number of allylic oxidation sites excluding steroid dienone is 4. The van der Waals surface area contributed by atoms with Crippen LogP contribution in [0.2, 0.25) is 0 Å². The Hall–Kier alpha value is -2.46. The van der Waals surface area contributed by atoms with Gasteiger partial charge in [-0.2, -0.15) is 0 Å². The standard InChI is InChI=1S/C74H140O17P2/c1-8-10-11-12-13-14-15-16-17-20-23-28-34-43-50-57-74(79)91-70(62-85-72(77)56-49-42-37-36-40-47-54-67(7)9-2)64-89-93(82,83)87-60-68(75)59-86-92(80,81)88-63-69(61-84-71(76)55-48-41-33-30-25-27-32-39-46-53-66(5)6)90-73(78)58-51-44-35-29-24-21-18-19-22-26-31-38-45-52-65(3)4/h14-17,65-70,75H,8-13,18-64H2,1-7H3,(H,80,81)(H,82,83)/b15-14-,17-16-/t67?,68-,69-,70-/m1/s1. The topological polar surface area (TPSA) is 237 Å². The number of unbranched alkanes of at least 4 members (excludes halogenated alkanes) is 34. The minimum atomic E-state index is -4.96. The van der Waals surface area contributed by atoms with Crippen molar-refractivity contribution in [1.29, 1.82) is 0 Å². The Balaban J connectivity index is 5.29. The average Bonchev–Trinajstić information content (AvgIpc) is 1.91. The summed E-state index contributed by atoms with van der Waals surface area (Å²) in [4.78, 5) is 72.7. The number of aliphatic hydroxyl groups excluding tert-OH is 1. The molecule has 0 fully saturated rings. The first-order chi connectivity index (χ1) is 44.8. The Morgan fingerprint density at radius 2 is 0.634 bits per heavy atom. The zero-order chi connectivity index (χ0) is 68.7. The molecule has 0 bridgehead atoms. The van der Waals surface area contributed by atoms with E-state index >= 15 is 0 Å². The zero-order valence-corrected chi connectivity index (χ0v) is 62.0. The summed E-state index contributed by atoms with van der Waals surface area (Å²) in [6, 6.07) is 0. The first-order valence-electron chi connectivity index (χ1n) is 37.7. The number of carbonyl (C=O) groups is 4. The van der Waals surface area contributed by atoms with E-state index < -0.39 is 97.5 Å². The van der Waals surface area contributed by atoms with E-state index in [-0.39, 0.29) is 25.7 Å². The van der Waals surface area contributed by atoms with Crippen LogP contribution in [0.1, 0.15) is 350 Å². The minimum absolute atomic E-state index is 0.0838. The molecular formula is C74H140O17P2. The summed E-state index contributed by atoms with van der Waals surface area (Å²) in [7, 11) is -9.92. The lowest BCUT2D eigenvalue weighted by Crippen LogP contribution is -2.30. The van der Waals surface area contributed by atoms with Crippen LogP contribution in [-0.4, -0.2) is 96.7 Å². The monoisotopic (exact) mass is 1360 g/mol. The molecule has 0 aliphatic carbocycles. The number of esters is 4. The minimum Gasteiger partial charge on any atom is -0.462 e. The van der Waals surface area contributed by atoms with Crippen LogP contribution < -0.4 is 0 Å². The van der Waals surface area contributed by atoms with E-state index in [1.54, 1.807) is 0 Å². The lowest BCUT2D eigenvalue weighted by Gasteiger charge is -2.21. The third-order valence-corrected chi connectivity index (χ3v) is 18.8. The highest BCUT2D eigenvalue weighted by atomic mass is 31.2. The van der Waals surface area contributed by atoms with Crippen LogP contribution in [0.15, 0.2) is 24.3 Å². The molecule has 93 heavy (non-hydrogen) atoms. The Labute approximate surface area is 567 Å². The molecular weight excluding hydrogens is 1220 g/mol. The lowest BCUT2D eigenvalue weighted by atomic mass is 10.00. The number of rotatable bonds is 70. The molecule has 0 heterocycles. The van der Waals surface area contributed by atoms with Crippen molar-refractivity contribution in [1.82, 2.24) is 0 Å². The quantitative estimate of drug-likeness (QED) is 0.0169. The van der Waals surface area contributed by atoms with E-state index in [9.17, 15) is 43.2 Å². The molecule has 0 radical (unpaired) electrons. The van der Waals surface area contributed by atoms with Gasteiger partial charge in [-0.05, 0) is 69.1 Å². The van der Waals surface area contributed by atoms with Crippen molar-refractivity contribution in [3.63, 3.8) is 0 Å². The number of hydrogen-bond acceptors (Lipinski definition) is 15. The molecule has 6 atom stereocenters. The van der Waals surface area contributed by atoms with Gasteiger partial charge in [0.15, 0.2) is 12.2 Å². The van der Waals surface area contributed by atoms with Gasteiger partial charge in [0.1, 0.15) is 19.3 Å². The fraction of sp³-hybridized carbons (Fsp3) is 0.892. The van der Waals surface area contributed by atoms with Gasteiger partial charge in [-0.15, -0.1) is 0 Å². The largest absolute Gasteiger partial charge is 0.472 e. The summed E-state index contributed by atoms with van der Waals surface area (Å²) in [5, 5.41) is 10.6. The van der Waals surface area contributed by atoms with Gasteiger partial charge in [0.05, 0.1) is 26.4 Å². The Morgan fingerprint density at radius 1 is 0.355 bits per heavy atom. The average molecular weight is 1360 g/mol. The summed E-state index contributed by atoms with van der Waals surface area (Å²) < 4.78 is 68.4. The molecule has 0 aromatic carbocycles. The van der Waals surface area contributed by atoms with Crippen LogP contribution in [0.25, 0.3) is 0 Å². The van der Waals surface area contributed by atoms with E-state index in [0.29, 0.717) is 25.7 Å². The fourth-order valence-corrected chi connectivity index (χ4v) is 12.3. The first kappa shape index (κ1) is 90.5. The Morgan fingerprint density at radius 3 is 0.957 bits per heavy atom. The van der Waals surface area contributed by atoms with E-state index in [0.717, 1.165) is 127 Å². The van der Waals surface area contributed by atoms with Gasteiger partial charge >= 0.3 is 39.5 Å².